The summed E-state index contributed by atoms with van der Waals surface area (Å²) in [6.07, 6.45) is 3.55. The molecule has 2 aliphatic heterocycles. The van der Waals surface area contributed by atoms with Gasteiger partial charge in [-0.2, -0.15) is 10.4 Å². The number of rotatable bonds is 5. The van der Waals surface area contributed by atoms with Gasteiger partial charge in [0.1, 0.15) is 18.4 Å². The lowest BCUT2D eigenvalue weighted by atomic mass is 9.72. The highest BCUT2D eigenvalue weighted by atomic mass is 16.5. The SMILES string of the molecule is CC#CC(=O)N1CC2(C1)CN(c1cc(OCc3ccccn3)cc(-c3c(C)ccc4[nH]ncc34)c1C#N)C2. The molecule has 2 aromatic carbocycles. The van der Waals surface area contributed by atoms with Gasteiger partial charge in [-0.15, -0.1) is 0 Å². The van der Waals surface area contributed by atoms with Gasteiger partial charge < -0.3 is 14.5 Å². The van der Waals surface area contributed by atoms with Crippen molar-refractivity contribution in [1.82, 2.24) is 20.1 Å². The van der Waals surface area contributed by atoms with Crippen molar-refractivity contribution < 1.29 is 9.53 Å². The molecule has 1 spiro atoms. The number of benzene rings is 2. The molecule has 4 heterocycles. The highest BCUT2D eigenvalue weighted by molar-refractivity contribution is 5.99. The molecule has 0 aliphatic carbocycles. The summed E-state index contributed by atoms with van der Waals surface area (Å²) in [7, 11) is 0. The number of hydrogen-bond acceptors (Lipinski definition) is 6. The van der Waals surface area contributed by atoms with Crippen LogP contribution >= 0.6 is 0 Å². The Balaban J connectivity index is 1.37. The fraction of sp³-hybridized carbons (Fsp3) is 0.267. The van der Waals surface area contributed by atoms with E-state index in [0.29, 0.717) is 31.0 Å². The molecule has 6 rings (SSSR count). The van der Waals surface area contributed by atoms with E-state index >= 15 is 0 Å². The summed E-state index contributed by atoms with van der Waals surface area (Å²) in [5, 5.41) is 18.6. The van der Waals surface area contributed by atoms with Gasteiger partial charge in [-0.25, -0.2) is 0 Å². The van der Waals surface area contributed by atoms with Crippen LogP contribution in [0.3, 0.4) is 0 Å². The van der Waals surface area contributed by atoms with E-state index in [9.17, 15) is 10.1 Å². The van der Waals surface area contributed by atoms with Crippen LogP contribution in [0.15, 0.2) is 54.9 Å². The van der Waals surface area contributed by atoms with Crippen molar-refractivity contribution in [3.8, 4) is 34.8 Å². The van der Waals surface area contributed by atoms with Crippen molar-refractivity contribution in [2.75, 3.05) is 31.1 Å². The number of nitrogens with one attached hydrogen (secondary N) is 1. The predicted octanol–water partition coefficient (Wildman–Crippen LogP) is 4.06. The summed E-state index contributed by atoms with van der Waals surface area (Å²) in [6.45, 7) is 6.95. The van der Waals surface area contributed by atoms with Gasteiger partial charge in [0.25, 0.3) is 5.91 Å². The second kappa shape index (κ2) is 9.24. The predicted molar refractivity (Wildman–Crippen MR) is 144 cm³/mol. The molecule has 8 heteroatoms. The van der Waals surface area contributed by atoms with Gasteiger partial charge in [-0.05, 0) is 55.2 Å². The molecule has 4 aromatic rings. The van der Waals surface area contributed by atoms with Crippen molar-refractivity contribution in [3.05, 3.63) is 71.7 Å². The lowest BCUT2D eigenvalue weighted by Gasteiger charge is -2.60. The number of aromatic nitrogens is 3. The number of pyridine rings is 1. The number of carbonyl (C=O) groups excluding carboxylic acids is 1. The number of H-pyrrole nitrogens is 1. The molecule has 2 fully saturated rings. The first kappa shape index (κ1) is 23.6. The molecule has 2 saturated heterocycles. The molecule has 1 amide bonds. The number of anilines is 1. The zero-order chi connectivity index (χ0) is 26.3. The third kappa shape index (κ3) is 4.01. The molecular weight excluding hydrogens is 476 g/mol. The Morgan fingerprint density at radius 1 is 1.18 bits per heavy atom. The maximum atomic E-state index is 12.1. The van der Waals surface area contributed by atoms with Crippen LogP contribution in [0, 0.1) is 35.5 Å². The Bertz CT molecular complexity index is 1640. The number of amides is 1. The monoisotopic (exact) mass is 502 g/mol. The molecule has 188 valence electrons. The average Bonchev–Trinajstić information content (AvgIpc) is 3.35. The Morgan fingerprint density at radius 2 is 2.03 bits per heavy atom. The quantitative estimate of drug-likeness (QED) is 0.414. The number of fused-ring (bicyclic) bond motifs is 1. The topological polar surface area (TPSA) is 98.1 Å². The van der Waals surface area contributed by atoms with Gasteiger partial charge in [0.2, 0.25) is 0 Å². The minimum absolute atomic E-state index is 0.0449. The molecule has 2 aromatic heterocycles. The van der Waals surface area contributed by atoms with Crippen molar-refractivity contribution >= 4 is 22.5 Å². The van der Waals surface area contributed by atoms with Gasteiger partial charge in [0, 0.05) is 54.8 Å². The largest absolute Gasteiger partial charge is 0.487 e. The van der Waals surface area contributed by atoms with E-state index in [-0.39, 0.29) is 11.3 Å². The molecule has 0 atom stereocenters. The summed E-state index contributed by atoms with van der Waals surface area (Å²) in [4.78, 5) is 20.5. The van der Waals surface area contributed by atoms with E-state index in [1.165, 1.54) is 0 Å². The molecule has 2 aliphatic rings. The van der Waals surface area contributed by atoms with E-state index in [2.05, 4.69) is 38.0 Å². The highest BCUT2D eigenvalue weighted by Crippen LogP contribution is 2.46. The summed E-state index contributed by atoms with van der Waals surface area (Å²) in [5.41, 5.74) is 6.05. The smallest absolute Gasteiger partial charge is 0.298 e. The maximum Gasteiger partial charge on any atom is 0.298 e. The summed E-state index contributed by atoms with van der Waals surface area (Å²) < 4.78 is 6.22. The van der Waals surface area contributed by atoms with E-state index in [1.54, 1.807) is 24.2 Å². The number of nitrogens with zero attached hydrogens (tertiary/aromatic N) is 5. The number of hydrogen-bond donors (Lipinski definition) is 1. The van der Waals surface area contributed by atoms with Gasteiger partial charge in [-0.1, -0.05) is 18.1 Å². The fourth-order valence-electron chi connectivity index (χ4n) is 5.60. The number of aromatic amines is 1. The summed E-state index contributed by atoms with van der Waals surface area (Å²) in [5.74, 6) is 5.86. The number of carbonyl (C=O) groups is 1. The normalized spacial score (nSPS) is 15.3. The fourth-order valence-corrected chi connectivity index (χ4v) is 5.60. The standard InChI is InChI=1S/C30H26N6O2/c1-3-6-28(37)36-18-30(19-36)16-35(17-30)27-12-22(38-15-21-7-4-5-10-32-21)11-23(24(27)13-31)29-20(2)8-9-26-25(29)14-33-34-26/h4-5,7-12,14H,15-19H2,1-2H3,(H,33,34). The minimum Gasteiger partial charge on any atom is -0.487 e. The van der Waals surface area contributed by atoms with Crippen LogP contribution < -0.4 is 9.64 Å². The van der Waals surface area contributed by atoms with Crippen molar-refractivity contribution in [2.24, 2.45) is 5.41 Å². The summed E-state index contributed by atoms with van der Waals surface area (Å²) >= 11 is 0. The molecule has 0 saturated carbocycles. The van der Waals surface area contributed by atoms with Crippen LogP contribution in [0.1, 0.15) is 23.7 Å². The van der Waals surface area contributed by atoms with E-state index in [1.807, 2.05) is 49.4 Å². The van der Waals surface area contributed by atoms with Gasteiger partial charge in [0.05, 0.1) is 28.7 Å². The van der Waals surface area contributed by atoms with Gasteiger partial charge >= 0.3 is 0 Å². The van der Waals surface area contributed by atoms with Crippen molar-refractivity contribution in [1.29, 1.82) is 5.26 Å². The Hall–Kier alpha value is -4.82. The molecule has 0 unspecified atom stereocenters. The van der Waals surface area contributed by atoms with Crippen molar-refractivity contribution in [2.45, 2.75) is 20.5 Å². The molecular formula is C30H26N6O2. The first-order chi connectivity index (χ1) is 18.5. The molecule has 1 N–H and O–H groups in total. The zero-order valence-electron chi connectivity index (χ0n) is 21.3. The lowest BCUT2D eigenvalue weighted by molar-refractivity contribution is -0.138. The Labute approximate surface area is 220 Å². The minimum atomic E-state index is -0.120. The third-order valence-corrected chi connectivity index (χ3v) is 7.38. The number of likely N-dealkylation sites (tertiary alicyclic amines) is 1. The van der Waals surface area contributed by atoms with E-state index in [4.69, 9.17) is 4.74 Å². The van der Waals surface area contributed by atoms with Gasteiger partial charge in [0.15, 0.2) is 0 Å². The third-order valence-electron chi connectivity index (χ3n) is 7.38. The number of nitriles is 1. The lowest BCUT2D eigenvalue weighted by Crippen LogP contribution is -2.73. The van der Waals surface area contributed by atoms with Crippen LogP contribution in [-0.2, 0) is 11.4 Å². The van der Waals surface area contributed by atoms with Crippen LogP contribution in [0.2, 0.25) is 0 Å². The molecule has 8 nitrogen and oxygen atoms in total. The first-order valence-corrected chi connectivity index (χ1v) is 12.5. The number of aryl methyl sites for hydroxylation is 1. The van der Waals surface area contributed by atoms with E-state index < -0.39 is 0 Å². The Morgan fingerprint density at radius 3 is 2.76 bits per heavy atom. The summed E-state index contributed by atoms with van der Waals surface area (Å²) in [6, 6.07) is 16.1. The van der Waals surface area contributed by atoms with Crippen LogP contribution in [0.5, 0.6) is 5.75 Å². The zero-order valence-corrected chi connectivity index (χ0v) is 21.3. The van der Waals surface area contributed by atoms with Crippen LogP contribution in [0.4, 0.5) is 5.69 Å². The number of ether oxygens (including phenoxy) is 1. The van der Waals surface area contributed by atoms with Gasteiger partial charge in [-0.3, -0.25) is 14.9 Å². The first-order valence-electron chi connectivity index (χ1n) is 12.5. The average molecular weight is 503 g/mol. The molecule has 0 radical (unpaired) electrons. The second-order valence-electron chi connectivity index (χ2n) is 10.1. The maximum absolute atomic E-state index is 12.1. The Kier molecular flexibility index (Phi) is 5.73. The van der Waals surface area contributed by atoms with Crippen LogP contribution in [-0.4, -0.2) is 52.2 Å². The van der Waals surface area contributed by atoms with E-state index in [0.717, 1.165) is 52.1 Å². The molecule has 38 heavy (non-hydrogen) atoms. The highest BCUT2D eigenvalue weighted by Gasteiger charge is 2.53. The molecule has 0 bridgehead atoms. The second-order valence-corrected chi connectivity index (χ2v) is 10.1. The van der Waals surface area contributed by atoms with Crippen LogP contribution in [0.25, 0.3) is 22.0 Å². The van der Waals surface area contributed by atoms with Crippen molar-refractivity contribution in [3.63, 3.8) is 0 Å².